The number of amides is 4. The molecule has 0 aliphatic heterocycles. The molecule has 4 N–H and O–H groups in total. The Morgan fingerprint density at radius 2 is 1.51 bits per heavy atom. The van der Waals surface area contributed by atoms with Crippen LogP contribution in [0.4, 0.5) is 4.79 Å². The van der Waals surface area contributed by atoms with Crippen LogP contribution in [0.2, 0.25) is 0 Å². The number of nitrogens with one attached hydrogen (secondary N) is 4. The molecule has 0 radical (unpaired) electrons. The SMILES string of the molecule is CNC(=O)[C@H](Cc1ccc(OC)cc1)NC(=O)[C@H](CC(C)C)NC(=O)[C@H](CNC(=O)OC(C)(C)C)SC(C)=O. The minimum absolute atomic E-state index is 0.0277. The number of methoxy groups -OCH3 is 1. The summed E-state index contributed by atoms with van der Waals surface area (Å²) in [5, 5.41) is 9.19. The molecule has 0 unspecified atom stereocenters. The lowest BCUT2D eigenvalue weighted by Crippen LogP contribution is -2.56. The maximum atomic E-state index is 13.3. The molecule has 0 fully saturated rings. The Hall–Kier alpha value is -3.28. The summed E-state index contributed by atoms with van der Waals surface area (Å²) in [6.07, 6.45) is -0.217. The van der Waals surface area contributed by atoms with Crippen LogP contribution in [0, 0.1) is 5.92 Å². The van der Waals surface area contributed by atoms with E-state index in [1.165, 1.54) is 14.0 Å². The van der Waals surface area contributed by atoms with Gasteiger partial charge in [0.25, 0.3) is 0 Å². The van der Waals surface area contributed by atoms with Crippen molar-refractivity contribution in [2.45, 2.75) is 77.3 Å². The average molecular weight is 567 g/mol. The van der Waals surface area contributed by atoms with Gasteiger partial charge in [0.1, 0.15) is 28.7 Å². The summed E-state index contributed by atoms with van der Waals surface area (Å²) in [6.45, 7) is 10.0. The molecule has 39 heavy (non-hydrogen) atoms. The van der Waals surface area contributed by atoms with Crippen LogP contribution in [0.25, 0.3) is 0 Å². The number of alkyl carbamates (subject to hydrolysis) is 1. The second-order valence-corrected chi connectivity index (χ2v) is 11.8. The van der Waals surface area contributed by atoms with Crippen molar-refractivity contribution in [3.63, 3.8) is 0 Å². The number of thioether (sulfide) groups is 1. The van der Waals surface area contributed by atoms with E-state index in [0.29, 0.717) is 5.75 Å². The number of carbonyl (C=O) groups excluding carboxylic acids is 5. The Balaban J connectivity index is 3.02. The maximum Gasteiger partial charge on any atom is 0.407 e. The summed E-state index contributed by atoms with van der Waals surface area (Å²) < 4.78 is 10.4. The van der Waals surface area contributed by atoms with Gasteiger partial charge in [0.2, 0.25) is 17.7 Å². The summed E-state index contributed by atoms with van der Waals surface area (Å²) in [5.41, 5.74) is 0.0728. The van der Waals surface area contributed by atoms with Crippen molar-refractivity contribution in [1.29, 1.82) is 0 Å². The van der Waals surface area contributed by atoms with E-state index in [1.807, 2.05) is 13.8 Å². The molecule has 0 saturated heterocycles. The lowest BCUT2D eigenvalue weighted by molar-refractivity contribution is -0.132. The molecule has 4 amide bonds. The monoisotopic (exact) mass is 566 g/mol. The van der Waals surface area contributed by atoms with Crippen molar-refractivity contribution in [1.82, 2.24) is 21.3 Å². The third-order valence-electron chi connectivity index (χ3n) is 5.25. The van der Waals surface area contributed by atoms with Crippen molar-refractivity contribution in [2.24, 2.45) is 5.92 Å². The van der Waals surface area contributed by atoms with Gasteiger partial charge in [0.05, 0.1) is 7.11 Å². The van der Waals surface area contributed by atoms with Crippen LogP contribution in [0.15, 0.2) is 24.3 Å². The summed E-state index contributed by atoms with van der Waals surface area (Å²) in [4.78, 5) is 62.9. The summed E-state index contributed by atoms with van der Waals surface area (Å²) in [5.74, 6) is -0.831. The molecule has 0 aliphatic rings. The summed E-state index contributed by atoms with van der Waals surface area (Å²) in [7, 11) is 3.03. The minimum Gasteiger partial charge on any atom is -0.497 e. The predicted octanol–water partition coefficient (Wildman–Crippen LogP) is 2.17. The molecule has 0 aromatic heterocycles. The molecule has 1 aromatic rings. The van der Waals surface area contributed by atoms with Gasteiger partial charge in [-0.25, -0.2) is 4.79 Å². The smallest absolute Gasteiger partial charge is 0.407 e. The van der Waals surface area contributed by atoms with E-state index < -0.39 is 40.8 Å². The van der Waals surface area contributed by atoms with Crippen molar-refractivity contribution in [3.8, 4) is 5.75 Å². The first-order valence-electron chi connectivity index (χ1n) is 12.7. The van der Waals surface area contributed by atoms with Gasteiger partial charge < -0.3 is 30.7 Å². The third-order valence-corrected chi connectivity index (χ3v) is 6.25. The Morgan fingerprint density at radius 1 is 0.923 bits per heavy atom. The molecule has 0 saturated carbocycles. The van der Waals surface area contributed by atoms with Gasteiger partial charge in [-0.3, -0.25) is 19.2 Å². The number of carbonyl (C=O) groups is 5. The van der Waals surface area contributed by atoms with Crippen molar-refractivity contribution in [3.05, 3.63) is 29.8 Å². The van der Waals surface area contributed by atoms with Crippen LogP contribution >= 0.6 is 11.8 Å². The highest BCUT2D eigenvalue weighted by Crippen LogP contribution is 2.16. The highest BCUT2D eigenvalue weighted by molar-refractivity contribution is 8.14. The number of hydrogen-bond donors (Lipinski definition) is 4. The van der Waals surface area contributed by atoms with Crippen LogP contribution in [0.3, 0.4) is 0 Å². The molecule has 1 aromatic carbocycles. The van der Waals surface area contributed by atoms with E-state index in [2.05, 4.69) is 21.3 Å². The average Bonchev–Trinajstić information content (AvgIpc) is 2.83. The fourth-order valence-corrected chi connectivity index (χ4v) is 4.24. The third kappa shape index (κ3) is 13.4. The number of rotatable bonds is 13. The molecule has 11 nitrogen and oxygen atoms in total. The maximum absolute atomic E-state index is 13.3. The number of ether oxygens (including phenoxy) is 2. The Bertz CT molecular complexity index is 993. The Kier molecular flexibility index (Phi) is 13.8. The van der Waals surface area contributed by atoms with Crippen molar-refractivity contribution in [2.75, 3.05) is 20.7 Å². The van der Waals surface area contributed by atoms with E-state index >= 15 is 0 Å². The van der Waals surface area contributed by atoms with E-state index in [0.717, 1.165) is 17.3 Å². The Morgan fingerprint density at radius 3 is 2.00 bits per heavy atom. The van der Waals surface area contributed by atoms with Gasteiger partial charge in [-0.05, 0) is 50.8 Å². The van der Waals surface area contributed by atoms with Gasteiger partial charge in [-0.2, -0.15) is 0 Å². The van der Waals surface area contributed by atoms with E-state index in [9.17, 15) is 24.0 Å². The van der Waals surface area contributed by atoms with Crippen molar-refractivity contribution < 1.29 is 33.4 Å². The van der Waals surface area contributed by atoms with Crippen LogP contribution in [0.1, 0.15) is 53.5 Å². The van der Waals surface area contributed by atoms with Gasteiger partial charge >= 0.3 is 6.09 Å². The first-order valence-corrected chi connectivity index (χ1v) is 13.6. The first-order chi connectivity index (χ1) is 18.1. The zero-order chi connectivity index (χ0) is 29.8. The predicted molar refractivity (Wildman–Crippen MR) is 150 cm³/mol. The van der Waals surface area contributed by atoms with Crippen LogP contribution in [-0.4, -0.2) is 72.6 Å². The molecule has 0 heterocycles. The second-order valence-electron chi connectivity index (χ2n) is 10.4. The van der Waals surface area contributed by atoms with Crippen LogP contribution in [0.5, 0.6) is 5.75 Å². The van der Waals surface area contributed by atoms with Gasteiger partial charge in [-0.15, -0.1) is 0 Å². The molecule has 218 valence electrons. The lowest BCUT2D eigenvalue weighted by Gasteiger charge is -2.26. The zero-order valence-corrected chi connectivity index (χ0v) is 24.8. The number of benzene rings is 1. The van der Waals surface area contributed by atoms with E-state index in [1.54, 1.807) is 52.1 Å². The normalized spacial score (nSPS) is 13.5. The van der Waals surface area contributed by atoms with E-state index in [-0.39, 0.29) is 36.3 Å². The second kappa shape index (κ2) is 16.0. The largest absolute Gasteiger partial charge is 0.497 e. The molecule has 0 spiro atoms. The lowest BCUT2D eigenvalue weighted by atomic mass is 10.0. The van der Waals surface area contributed by atoms with Gasteiger partial charge in [0, 0.05) is 26.9 Å². The minimum atomic E-state index is -0.994. The van der Waals surface area contributed by atoms with E-state index in [4.69, 9.17) is 9.47 Å². The quantitative estimate of drug-likeness (QED) is 0.284. The zero-order valence-electron chi connectivity index (χ0n) is 24.0. The topological polar surface area (TPSA) is 152 Å². The Labute approximate surface area is 234 Å². The van der Waals surface area contributed by atoms with Gasteiger partial charge in [-0.1, -0.05) is 37.7 Å². The molecule has 0 aliphatic carbocycles. The fourth-order valence-electron chi connectivity index (χ4n) is 3.50. The summed E-state index contributed by atoms with van der Waals surface area (Å²) in [6, 6.07) is 5.26. The standard InChI is InChI=1S/C27H42N4O7S/c1-16(2)13-20(31-25(35)22(39-17(3)32)15-29-26(36)38-27(4,5)6)24(34)30-21(23(33)28-7)14-18-9-11-19(37-8)12-10-18/h9-12,16,20-22H,13-15H2,1-8H3,(H,28,33)(H,29,36)(H,30,34)(H,31,35)/t20-,21-,22-/m0/s1. The number of likely N-dealkylation sites (N-methyl/N-ethyl adjacent to an activating group) is 1. The van der Waals surface area contributed by atoms with Crippen LogP contribution in [-0.2, 0) is 30.3 Å². The molecule has 1 rings (SSSR count). The molecule has 3 atom stereocenters. The summed E-state index contributed by atoms with van der Waals surface area (Å²) >= 11 is 0.740. The molecular formula is C27H42N4O7S. The molecule has 12 heteroatoms. The molecule has 0 bridgehead atoms. The number of hydrogen-bond acceptors (Lipinski definition) is 8. The highest BCUT2D eigenvalue weighted by Gasteiger charge is 2.31. The highest BCUT2D eigenvalue weighted by atomic mass is 32.2. The first kappa shape index (κ1) is 33.7. The van der Waals surface area contributed by atoms with Crippen LogP contribution < -0.4 is 26.0 Å². The van der Waals surface area contributed by atoms with Gasteiger partial charge in [0.15, 0.2) is 5.12 Å². The molecular weight excluding hydrogens is 524 g/mol. The fraction of sp³-hybridized carbons (Fsp3) is 0.593. The van der Waals surface area contributed by atoms with Crippen molar-refractivity contribution >= 4 is 40.7 Å².